The molecule has 9 heteroatoms. The summed E-state index contributed by atoms with van der Waals surface area (Å²) in [5, 5.41) is 9.39. The van der Waals surface area contributed by atoms with Crippen LogP contribution in [0.1, 0.15) is 49.7 Å². The standard InChI is InChI=1S/C25H29N5O2S2/c1-28(17-20-8-4-3-7-19(20)16-26)25(32)23-21(27-18-29-9-5-2-6-10-29)15-22(34-23)24(31)30-11-13-33-14-12-30/h3-4,7-8,15,18H,2,5-6,9-14,17H2,1H3. The summed E-state index contributed by atoms with van der Waals surface area (Å²) in [6.07, 6.45) is 5.32. The number of thioether (sulfide) groups is 1. The minimum atomic E-state index is -0.197. The van der Waals surface area contributed by atoms with E-state index in [1.165, 1.54) is 17.8 Å². The van der Waals surface area contributed by atoms with E-state index in [-0.39, 0.29) is 11.8 Å². The molecule has 2 amide bonds. The van der Waals surface area contributed by atoms with Crippen molar-refractivity contribution in [1.29, 1.82) is 5.26 Å². The van der Waals surface area contributed by atoms with E-state index in [2.05, 4.69) is 16.0 Å². The minimum Gasteiger partial charge on any atom is -0.363 e. The molecule has 0 radical (unpaired) electrons. The van der Waals surface area contributed by atoms with Crippen molar-refractivity contribution in [2.45, 2.75) is 25.8 Å². The van der Waals surface area contributed by atoms with Crippen LogP contribution in [0.25, 0.3) is 0 Å². The zero-order valence-electron chi connectivity index (χ0n) is 19.4. The van der Waals surface area contributed by atoms with Crippen LogP contribution >= 0.6 is 23.1 Å². The number of hydrogen-bond donors (Lipinski definition) is 0. The highest BCUT2D eigenvalue weighted by Crippen LogP contribution is 2.32. The lowest BCUT2D eigenvalue weighted by molar-refractivity contribution is 0.0775. The lowest BCUT2D eigenvalue weighted by atomic mass is 10.1. The van der Waals surface area contributed by atoms with Gasteiger partial charge >= 0.3 is 0 Å². The summed E-state index contributed by atoms with van der Waals surface area (Å²) in [5.41, 5.74) is 1.88. The summed E-state index contributed by atoms with van der Waals surface area (Å²) in [5.74, 6) is 1.64. The van der Waals surface area contributed by atoms with Crippen molar-refractivity contribution in [3.05, 3.63) is 51.2 Å². The summed E-state index contributed by atoms with van der Waals surface area (Å²) in [6, 6.07) is 11.2. The maximum absolute atomic E-state index is 13.5. The van der Waals surface area contributed by atoms with Crippen molar-refractivity contribution in [2.24, 2.45) is 4.99 Å². The summed E-state index contributed by atoms with van der Waals surface area (Å²) in [4.78, 5) is 37.9. The number of nitriles is 1. The van der Waals surface area contributed by atoms with Crippen LogP contribution in [0, 0.1) is 11.3 Å². The fraction of sp³-hybridized carbons (Fsp3) is 0.440. The summed E-state index contributed by atoms with van der Waals surface area (Å²) >= 11 is 3.07. The van der Waals surface area contributed by atoms with Gasteiger partial charge in [0.25, 0.3) is 11.8 Å². The van der Waals surface area contributed by atoms with Crippen molar-refractivity contribution >= 4 is 46.9 Å². The Labute approximate surface area is 209 Å². The average molecular weight is 496 g/mol. The summed E-state index contributed by atoms with van der Waals surface area (Å²) < 4.78 is 0. The molecule has 7 nitrogen and oxygen atoms in total. The molecule has 3 heterocycles. The zero-order chi connectivity index (χ0) is 23.9. The molecule has 2 saturated heterocycles. The number of carbonyl (C=O) groups is 2. The van der Waals surface area contributed by atoms with Gasteiger partial charge in [0, 0.05) is 51.3 Å². The molecular formula is C25H29N5O2S2. The third kappa shape index (κ3) is 5.80. The second-order valence-corrected chi connectivity index (χ2v) is 10.8. The molecule has 1 aromatic carbocycles. The molecule has 2 aliphatic rings. The van der Waals surface area contributed by atoms with Crippen LogP contribution in [-0.4, -0.2) is 77.6 Å². The molecule has 0 atom stereocenters. The summed E-state index contributed by atoms with van der Waals surface area (Å²) in [7, 11) is 1.72. The lowest BCUT2D eigenvalue weighted by Crippen LogP contribution is -2.37. The fourth-order valence-electron chi connectivity index (χ4n) is 4.10. The first-order valence-electron chi connectivity index (χ1n) is 11.6. The average Bonchev–Trinajstić information content (AvgIpc) is 3.32. The number of likely N-dealkylation sites (tertiary alicyclic amines) is 1. The first-order chi connectivity index (χ1) is 16.6. The number of amides is 2. The van der Waals surface area contributed by atoms with Crippen LogP contribution in [0.5, 0.6) is 0 Å². The molecule has 4 rings (SSSR count). The molecule has 0 N–H and O–H groups in total. The van der Waals surface area contributed by atoms with E-state index in [0.717, 1.165) is 56.1 Å². The van der Waals surface area contributed by atoms with Gasteiger partial charge in [-0.25, -0.2) is 4.99 Å². The van der Waals surface area contributed by atoms with Gasteiger partial charge in [0.05, 0.1) is 28.5 Å². The van der Waals surface area contributed by atoms with Crippen molar-refractivity contribution < 1.29 is 9.59 Å². The second-order valence-electron chi connectivity index (χ2n) is 8.50. The Bertz CT molecular complexity index is 1090. The quantitative estimate of drug-likeness (QED) is 0.443. The van der Waals surface area contributed by atoms with E-state index in [4.69, 9.17) is 0 Å². The Hall–Kier alpha value is -2.83. The smallest absolute Gasteiger partial charge is 0.266 e. The van der Waals surface area contributed by atoms with Crippen LogP contribution < -0.4 is 0 Å². The predicted molar refractivity (Wildman–Crippen MR) is 138 cm³/mol. The van der Waals surface area contributed by atoms with Crippen LogP contribution in [-0.2, 0) is 6.54 Å². The monoisotopic (exact) mass is 495 g/mol. The van der Waals surface area contributed by atoms with Crippen molar-refractivity contribution in [3.63, 3.8) is 0 Å². The molecular weight excluding hydrogens is 466 g/mol. The third-order valence-corrected chi connectivity index (χ3v) is 8.10. The largest absolute Gasteiger partial charge is 0.363 e. The first-order valence-corrected chi connectivity index (χ1v) is 13.6. The maximum atomic E-state index is 13.5. The molecule has 0 unspecified atom stereocenters. The molecule has 178 valence electrons. The van der Waals surface area contributed by atoms with Gasteiger partial charge in [-0.1, -0.05) is 18.2 Å². The number of carbonyl (C=O) groups excluding carboxylic acids is 2. The van der Waals surface area contributed by atoms with Gasteiger partial charge < -0.3 is 14.7 Å². The Balaban J connectivity index is 1.59. The highest BCUT2D eigenvalue weighted by Gasteiger charge is 2.26. The van der Waals surface area contributed by atoms with E-state index in [9.17, 15) is 14.9 Å². The molecule has 34 heavy (non-hydrogen) atoms. The van der Waals surface area contributed by atoms with Crippen molar-refractivity contribution in [3.8, 4) is 6.07 Å². The van der Waals surface area contributed by atoms with Gasteiger partial charge in [0.15, 0.2) is 0 Å². The lowest BCUT2D eigenvalue weighted by Gasteiger charge is -2.25. The molecule has 0 bridgehead atoms. The van der Waals surface area contributed by atoms with Gasteiger partial charge in [-0.05, 0) is 37.0 Å². The molecule has 2 fully saturated rings. The maximum Gasteiger partial charge on any atom is 0.266 e. The molecule has 2 aliphatic heterocycles. The Morgan fingerprint density at radius 2 is 1.88 bits per heavy atom. The number of benzene rings is 1. The number of aliphatic imine (C=N–C) groups is 1. The van der Waals surface area contributed by atoms with Gasteiger partial charge in [0.2, 0.25) is 0 Å². The van der Waals surface area contributed by atoms with Gasteiger partial charge in [-0.3, -0.25) is 9.59 Å². The normalized spacial score (nSPS) is 16.5. The summed E-state index contributed by atoms with van der Waals surface area (Å²) in [6.45, 7) is 3.67. The van der Waals surface area contributed by atoms with E-state index in [1.807, 2.05) is 41.2 Å². The number of hydrogen-bond acceptors (Lipinski definition) is 6. The van der Waals surface area contributed by atoms with Gasteiger partial charge in [-0.15, -0.1) is 11.3 Å². The van der Waals surface area contributed by atoms with Crippen LogP contribution in [0.15, 0.2) is 35.3 Å². The van der Waals surface area contributed by atoms with Gasteiger partial charge in [0.1, 0.15) is 4.88 Å². The molecule has 0 aliphatic carbocycles. The van der Waals surface area contributed by atoms with Crippen LogP contribution in [0.3, 0.4) is 0 Å². The first kappa shape index (κ1) is 24.3. The van der Waals surface area contributed by atoms with Crippen molar-refractivity contribution in [2.75, 3.05) is 44.7 Å². The highest BCUT2D eigenvalue weighted by molar-refractivity contribution is 7.99. The Kier molecular flexibility index (Phi) is 8.25. The fourth-order valence-corrected chi connectivity index (χ4v) is 6.07. The molecule has 1 aromatic heterocycles. The Morgan fingerprint density at radius 1 is 1.15 bits per heavy atom. The minimum absolute atomic E-state index is 0.0312. The second kappa shape index (κ2) is 11.5. The molecule has 0 saturated carbocycles. The number of rotatable bonds is 6. The SMILES string of the molecule is CN(Cc1ccccc1C#N)C(=O)c1sc(C(=O)N2CCSCC2)cc1N=CN1CCCCC1. The highest BCUT2D eigenvalue weighted by atomic mass is 32.2. The van der Waals surface area contributed by atoms with Crippen LogP contribution in [0.2, 0.25) is 0 Å². The van der Waals surface area contributed by atoms with E-state index in [0.29, 0.717) is 27.5 Å². The third-order valence-electron chi connectivity index (χ3n) is 6.06. The number of piperidine rings is 1. The predicted octanol–water partition coefficient (Wildman–Crippen LogP) is 4.23. The number of thiophene rings is 1. The molecule has 2 aromatic rings. The van der Waals surface area contributed by atoms with E-state index >= 15 is 0 Å². The number of nitrogens with zero attached hydrogens (tertiary/aromatic N) is 5. The topological polar surface area (TPSA) is 80.0 Å². The van der Waals surface area contributed by atoms with Crippen molar-refractivity contribution in [1.82, 2.24) is 14.7 Å². The Morgan fingerprint density at radius 3 is 2.62 bits per heavy atom. The van der Waals surface area contributed by atoms with Gasteiger partial charge in [-0.2, -0.15) is 17.0 Å². The van der Waals surface area contributed by atoms with E-state index < -0.39 is 0 Å². The zero-order valence-corrected chi connectivity index (χ0v) is 21.0. The molecule has 0 spiro atoms. The van der Waals surface area contributed by atoms with E-state index in [1.54, 1.807) is 24.1 Å². The van der Waals surface area contributed by atoms with Crippen LogP contribution in [0.4, 0.5) is 5.69 Å².